The van der Waals surface area contributed by atoms with E-state index in [1.807, 2.05) is 4.90 Å². The number of halogens is 3. The van der Waals surface area contributed by atoms with Gasteiger partial charge in [-0.05, 0) is 32.5 Å². The molecule has 2 N–H and O–H groups in total. The van der Waals surface area contributed by atoms with E-state index in [-0.39, 0.29) is 12.1 Å². The second-order valence-corrected chi connectivity index (χ2v) is 5.28. The third-order valence-electron chi connectivity index (χ3n) is 3.16. The van der Waals surface area contributed by atoms with Crippen molar-refractivity contribution in [3.63, 3.8) is 0 Å². The van der Waals surface area contributed by atoms with Gasteiger partial charge in [0.25, 0.3) is 0 Å². The van der Waals surface area contributed by atoms with E-state index in [1.165, 1.54) is 18.2 Å². The molecule has 124 valence electrons. The smallest absolute Gasteiger partial charge is 0.393 e. The molecule has 22 heavy (non-hydrogen) atoms. The lowest BCUT2D eigenvalue weighted by atomic mass is 10.1. The highest BCUT2D eigenvalue weighted by molar-refractivity contribution is 5.91. The summed E-state index contributed by atoms with van der Waals surface area (Å²) in [5.41, 5.74) is -1.09. The molecule has 0 saturated carbocycles. The number of aliphatic hydroxyl groups is 1. The maximum atomic E-state index is 12.8. The van der Waals surface area contributed by atoms with Crippen LogP contribution in [0, 0.1) is 0 Å². The first-order valence-corrected chi connectivity index (χ1v) is 7.03. The minimum Gasteiger partial charge on any atom is -0.393 e. The van der Waals surface area contributed by atoms with Crippen LogP contribution < -0.4 is 5.32 Å². The van der Waals surface area contributed by atoms with Crippen molar-refractivity contribution < 1.29 is 23.1 Å². The van der Waals surface area contributed by atoms with Crippen LogP contribution in [0.5, 0.6) is 0 Å². The van der Waals surface area contributed by atoms with Crippen LogP contribution in [0.15, 0.2) is 24.3 Å². The Labute approximate surface area is 127 Å². The number of anilines is 1. The molecule has 0 aliphatic carbocycles. The van der Waals surface area contributed by atoms with Crippen molar-refractivity contribution >= 4 is 11.6 Å². The Morgan fingerprint density at radius 2 is 1.95 bits per heavy atom. The van der Waals surface area contributed by atoms with Gasteiger partial charge in [-0.2, -0.15) is 13.2 Å². The summed E-state index contributed by atoms with van der Waals surface area (Å²) < 4.78 is 38.4. The molecule has 4 nitrogen and oxygen atoms in total. The summed E-state index contributed by atoms with van der Waals surface area (Å²) in [6.45, 7) is 2.70. The van der Waals surface area contributed by atoms with Gasteiger partial charge in [-0.1, -0.05) is 12.1 Å². The van der Waals surface area contributed by atoms with Gasteiger partial charge in [0.15, 0.2) is 0 Å². The monoisotopic (exact) mass is 318 g/mol. The molecule has 0 saturated heterocycles. The lowest BCUT2D eigenvalue weighted by molar-refractivity contribution is -0.137. The molecular formula is C15H21F3N2O2. The first kappa shape index (κ1) is 18.4. The second kappa shape index (κ2) is 8.14. The number of hydrogen-bond donors (Lipinski definition) is 2. The van der Waals surface area contributed by atoms with E-state index in [9.17, 15) is 18.0 Å². The van der Waals surface area contributed by atoms with Gasteiger partial charge in [-0.3, -0.25) is 4.79 Å². The molecule has 0 spiro atoms. The predicted octanol–water partition coefficient (Wildman–Crippen LogP) is 2.74. The number of carbonyl (C=O) groups excluding carboxylic acids is 1. The van der Waals surface area contributed by atoms with Gasteiger partial charge in [-0.25, -0.2) is 0 Å². The first-order valence-electron chi connectivity index (χ1n) is 7.03. The summed E-state index contributed by atoms with van der Waals surface area (Å²) >= 11 is 0. The van der Waals surface area contributed by atoms with Crippen LogP contribution in [0.4, 0.5) is 18.9 Å². The Morgan fingerprint density at radius 3 is 2.55 bits per heavy atom. The third kappa shape index (κ3) is 6.44. The summed E-state index contributed by atoms with van der Waals surface area (Å²) in [5, 5.41) is 11.5. The maximum Gasteiger partial charge on any atom is 0.418 e. The molecule has 0 radical (unpaired) electrons. The highest BCUT2D eigenvalue weighted by Crippen LogP contribution is 2.34. The molecule has 0 aliphatic rings. The SMILES string of the molecule is CC(O)CCN(C)CCC(=O)Nc1ccccc1C(F)(F)F. The lowest BCUT2D eigenvalue weighted by Crippen LogP contribution is -2.27. The van der Waals surface area contributed by atoms with Gasteiger partial charge in [0.05, 0.1) is 17.4 Å². The zero-order valence-electron chi connectivity index (χ0n) is 12.7. The minimum absolute atomic E-state index is 0.0858. The number of aliphatic hydroxyl groups excluding tert-OH is 1. The van der Waals surface area contributed by atoms with Gasteiger partial charge in [0.2, 0.25) is 5.91 Å². The highest BCUT2D eigenvalue weighted by Gasteiger charge is 2.33. The molecule has 0 aromatic heterocycles. The standard InChI is InChI=1S/C15H21F3N2O2/c1-11(21)7-9-20(2)10-8-14(22)19-13-6-4-3-5-12(13)15(16,17)18/h3-6,11,21H,7-10H2,1-2H3,(H,19,22). The number of amides is 1. The molecule has 0 bridgehead atoms. The van der Waals surface area contributed by atoms with E-state index in [0.29, 0.717) is 19.5 Å². The largest absolute Gasteiger partial charge is 0.418 e. The maximum absolute atomic E-state index is 12.8. The van der Waals surface area contributed by atoms with Crippen LogP contribution in [0.3, 0.4) is 0 Å². The Morgan fingerprint density at radius 1 is 1.32 bits per heavy atom. The normalized spacial score (nSPS) is 13.2. The van der Waals surface area contributed by atoms with E-state index in [2.05, 4.69) is 5.32 Å². The summed E-state index contributed by atoms with van der Waals surface area (Å²) in [7, 11) is 1.79. The van der Waals surface area contributed by atoms with Crippen molar-refractivity contribution in [3.05, 3.63) is 29.8 Å². The molecule has 1 aromatic rings. The molecular weight excluding hydrogens is 297 g/mol. The second-order valence-electron chi connectivity index (χ2n) is 5.28. The van der Waals surface area contributed by atoms with Crippen LogP contribution in [-0.4, -0.2) is 42.2 Å². The van der Waals surface area contributed by atoms with Crippen molar-refractivity contribution in [2.24, 2.45) is 0 Å². The fourth-order valence-corrected chi connectivity index (χ4v) is 1.86. The quantitative estimate of drug-likeness (QED) is 0.813. The molecule has 0 fully saturated rings. The minimum atomic E-state index is -4.50. The van der Waals surface area contributed by atoms with Crippen molar-refractivity contribution in [1.29, 1.82) is 0 Å². The van der Waals surface area contributed by atoms with Crippen LogP contribution in [0.2, 0.25) is 0 Å². The van der Waals surface area contributed by atoms with E-state index in [4.69, 9.17) is 5.11 Å². The average molecular weight is 318 g/mol. The Bertz CT molecular complexity index is 490. The van der Waals surface area contributed by atoms with E-state index in [0.717, 1.165) is 6.07 Å². The Kier molecular flexibility index (Phi) is 6.83. The van der Waals surface area contributed by atoms with Gasteiger partial charge in [-0.15, -0.1) is 0 Å². The first-order chi connectivity index (χ1) is 10.2. The number of nitrogens with zero attached hydrogens (tertiary/aromatic N) is 1. The fraction of sp³-hybridized carbons (Fsp3) is 0.533. The molecule has 1 aromatic carbocycles. The number of alkyl halides is 3. The summed E-state index contributed by atoms with van der Waals surface area (Å²) in [6, 6.07) is 4.89. The van der Waals surface area contributed by atoms with Gasteiger partial charge < -0.3 is 15.3 Å². The van der Waals surface area contributed by atoms with Crippen molar-refractivity contribution in [3.8, 4) is 0 Å². The zero-order valence-corrected chi connectivity index (χ0v) is 12.7. The van der Waals surface area contributed by atoms with Crippen LogP contribution in [-0.2, 0) is 11.0 Å². The van der Waals surface area contributed by atoms with E-state index in [1.54, 1.807) is 14.0 Å². The Balaban J connectivity index is 2.53. The topological polar surface area (TPSA) is 52.6 Å². The number of para-hydroxylation sites is 1. The molecule has 0 aliphatic heterocycles. The number of rotatable bonds is 7. The van der Waals surface area contributed by atoms with Gasteiger partial charge in [0.1, 0.15) is 0 Å². The number of benzene rings is 1. The lowest BCUT2D eigenvalue weighted by Gasteiger charge is -2.18. The third-order valence-corrected chi connectivity index (χ3v) is 3.16. The molecule has 1 atom stereocenters. The fourth-order valence-electron chi connectivity index (χ4n) is 1.86. The van der Waals surface area contributed by atoms with E-state index >= 15 is 0 Å². The molecule has 1 unspecified atom stereocenters. The zero-order chi connectivity index (χ0) is 16.8. The predicted molar refractivity (Wildman–Crippen MR) is 78.5 cm³/mol. The molecule has 0 heterocycles. The summed E-state index contributed by atoms with van der Waals surface area (Å²) in [5.74, 6) is -0.472. The number of carbonyl (C=O) groups is 1. The molecule has 7 heteroatoms. The molecule has 1 rings (SSSR count). The number of nitrogens with one attached hydrogen (secondary N) is 1. The van der Waals surface area contributed by atoms with Gasteiger partial charge in [0, 0.05) is 19.5 Å². The van der Waals surface area contributed by atoms with Crippen LogP contribution in [0.1, 0.15) is 25.3 Å². The highest BCUT2D eigenvalue weighted by atomic mass is 19.4. The van der Waals surface area contributed by atoms with Gasteiger partial charge >= 0.3 is 6.18 Å². The summed E-state index contributed by atoms with van der Waals surface area (Å²) in [6.07, 6.45) is -4.26. The van der Waals surface area contributed by atoms with Crippen LogP contribution >= 0.6 is 0 Å². The van der Waals surface area contributed by atoms with Crippen molar-refractivity contribution in [1.82, 2.24) is 4.90 Å². The Hall–Kier alpha value is -1.60. The average Bonchev–Trinajstić information content (AvgIpc) is 2.42. The van der Waals surface area contributed by atoms with Crippen LogP contribution in [0.25, 0.3) is 0 Å². The van der Waals surface area contributed by atoms with E-state index < -0.39 is 23.8 Å². The molecule has 1 amide bonds. The number of hydrogen-bond acceptors (Lipinski definition) is 3. The summed E-state index contributed by atoms with van der Waals surface area (Å²) in [4.78, 5) is 13.6. The van der Waals surface area contributed by atoms with Crippen molar-refractivity contribution in [2.75, 3.05) is 25.5 Å². The van der Waals surface area contributed by atoms with Crippen molar-refractivity contribution in [2.45, 2.75) is 32.0 Å².